The summed E-state index contributed by atoms with van der Waals surface area (Å²) in [6.07, 6.45) is 0.0646. The molecule has 0 spiro atoms. The molecular formula is C22H25ClN4O5S. The van der Waals surface area contributed by atoms with Crippen molar-refractivity contribution in [3.63, 3.8) is 0 Å². The summed E-state index contributed by atoms with van der Waals surface area (Å²) in [6.45, 7) is 2.07. The Hall–Kier alpha value is -2.95. The highest BCUT2D eigenvalue weighted by Gasteiger charge is 2.27. The number of amides is 2. The lowest BCUT2D eigenvalue weighted by Gasteiger charge is -2.24. The van der Waals surface area contributed by atoms with Crippen molar-refractivity contribution in [3.8, 4) is 5.75 Å². The first-order valence-corrected chi connectivity index (χ1v) is 11.3. The first kappa shape index (κ1) is 24.7. The summed E-state index contributed by atoms with van der Waals surface area (Å²) in [4.78, 5) is 37.5. The summed E-state index contributed by atoms with van der Waals surface area (Å²) in [6, 6.07) is 9.88. The molecule has 3 rings (SSSR count). The lowest BCUT2D eigenvalue weighted by Crippen LogP contribution is -2.37. The van der Waals surface area contributed by atoms with Gasteiger partial charge in [0.2, 0.25) is 11.8 Å². The van der Waals surface area contributed by atoms with Crippen LogP contribution in [0, 0.1) is 5.92 Å². The van der Waals surface area contributed by atoms with Gasteiger partial charge in [-0.15, -0.1) is 0 Å². The molecule has 1 heterocycles. The Kier molecular flexibility index (Phi) is 8.06. The van der Waals surface area contributed by atoms with E-state index in [-0.39, 0.29) is 29.9 Å². The highest BCUT2D eigenvalue weighted by atomic mass is 35.5. The van der Waals surface area contributed by atoms with Gasteiger partial charge in [-0.25, -0.2) is 4.79 Å². The van der Waals surface area contributed by atoms with Crippen molar-refractivity contribution in [2.75, 3.05) is 25.9 Å². The Balaban J connectivity index is 1.74. The lowest BCUT2D eigenvalue weighted by molar-refractivity contribution is -0.132. The van der Waals surface area contributed by atoms with Gasteiger partial charge in [0.1, 0.15) is 12.3 Å². The monoisotopic (exact) mass is 492 g/mol. The average Bonchev–Trinajstić information content (AvgIpc) is 3.56. The number of esters is 1. The van der Waals surface area contributed by atoms with Crippen molar-refractivity contribution in [1.29, 1.82) is 0 Å². The molecule has 0 bridgehead atoms. The molecule has 0 saturated carbocycles. The number of primary amides is 1. The van der Waals surface area contributed by atoms with Crippen LogP contribution in [0.2, 0.25) is 5.02 Å². The minimum absolute atomic E-state index is 0.203. The van der Waals surface area contributed by atoms with Crippen LogP contribution >= 0.6 is 23.5 Å². The second-order valence-corrected chi connectivity index (χ2v) is 9.08. The van der Waals surface area contributed by atoms with Gasteiger partial charge in [0.15, 0.2) is 6.23 Å². The van der Waals surface area contributed by atoms with Crippen molar-refractivity contribution in [2.45, 2.75) is 24.5 Å². The molecule has 11 heteroatoms. The average molecular weight is 493 g/mol. The van der Waals surface area contributed by atoms with E-state index in [1.807, 2.05) is 0 Å². The van der Waals surface area contributed by atoms with Gasteiger partial charge in [0.05, 0.1) is 12.7 Å². The molecule has 33 heavy (non-hydrogen) atoms. The summed E-state index contributed by atoms with van der Waals surface area (Å²) >= 11 is 7.11. The zero-order valence-electron chi connectivity index (χ0n) is 18.2. The SMILES string of the molecule is COc1ccc(Cl)cc1CC(C)C(=O)N(CC(N)=O)Sc1ccc(C(=O)OC2CN2)c(N)c1. The number of ether oxygens (including phenoxy) is 2. The van der Waals surface area contributed by atoms with Crippen LogP contribution in [0.1, 0.15) is 22.8 Å². The molecule has 176 valence electrons. The number of nitrogens with zero attached hydrogens (tertiary/aromatic N) is 1. The van der Waals surface area contributed by atoms with Crippen molar-refractivity contribution in [2.24, 2.45) is 11.7 Å². The number of methoxy groups -OCH3 is 1. The first-order valence-electron chi connectivity index (χ1n) is 10.1. The quantitative estimate of drug-likeness (QED) is 0.198. The third-order valence-corrected chi connectivity index (χ3v) is 6.04. The van der Waals surface area contributed by atoms with Gasteiger partial charge in [0, 0.05) is 28.1 Å². The molecule has 2 unspecified atom stereocenters. The summed E-state index contributed by atoms with van der Waals surface area (Å²) < 4.78 is 11.8. The van der Waals surface area contributed by atoms with Crippen LogP contribution in [0.5, 0.6) is 5.75 Å². The normalized spacial score (nSPS) is 15.4. The van der Waals surface area contributed by atoms with Gasteiger partial charge in [-0.2, -0.15) is 0 Å². The Labute approximate surface area is 200 Å². The molecule has 2 aromatic rings. The molecule has 1 saturated heterocycles. The van der Waals surface area contributed by atoms with Crippen molar-refractivity contribution in [1.82, 2.24) is 9.62 Å². The molecular weight excluding hydrogens is 468 g/mol. The topological polar surface area (TPSA) is 147 Å². The van der Waals surface area contributed by atoms with Crippen LogP contribution in [-0.4, -0.2) is 48.5 Å². The second-order valence-electron chi connectivity index (χ2n) is 7.55. The molecule has 9 nitrogen and oxygen atoms in total. The minimum Gasteiger partial charge on any atom is -0.496 e. The van der Waals surface area contributed by atoms with E-state index < -0.39 is 17.8 Å². The van der Waals surface area contributed by atoms with E-state index in [4.69, 9.17) is 32.5 Å². The highest BCUT2D eigenvalue weighted by molar-refractivity contribution is 7.97. The van der Waals surface area contributed by atoms with Crippen molar-refractivity contribution in [3.05, 3.63) is 52.5 Å². The molecule has 0 aromatic heterocycles. The number of nitrogens with two attached hydrogens (primary N) is 2. The zero-order chi connectivity index (χ0) is 24.1. The highest BCUT2D eigenvalue weighted by Crippen LogP contribution is 2.30. The van der Waals surface area contributed by atoms with E-state index >= 15 is 0 Å². The number of rotatable bonds is 10. The van der Waals surface area contributed by atoms with E-state index in [1.54, 1.807) is 44.4 Å². The number of hydrogen-bond acceptors (Lipinski definition) is 8. The van der Waals surface area contributed by atoms with Gasteiger partial charge in [-0.1, -0.05) is 18.5 Å². The molecule has 2 aromatic carbocycles. The van der Waals surface area contributed by atoms with Crippen LogP contribution in [-0.2, 0) is 20.7 Å². The lowest BCUT2D eigenvalue weighted by atomic mass is 9.99. The fourth-order valence-corrected chi connectivity index (χ4v) is 4.32. The van der Waals surface area contributed by atoms with E-state index in [9.17, 15) is 14.4 Å². The van der Waals surface area contributed by atoms with Gasteiger partial charge in [-0.3, -0.25) is 19.2 Å². The Morgan fingerprint density at radius 1 is 1.27 bits per heavy atom. The zero-order valence-corrected chi connectivity index (χ0v) is 19.7. The molecule has 0 aliphatic carbocycles. The van der Waals surface area contributed by atoms with E-state index in [0.717, 1.165) is 17.5 Å². The van der Waals surface area contributed by atoms with Gasteiger partial charge < -0.3 is 20.9 Å². The van der Waals surface area contributed by atoms with Crippen LogP contribution in [0.3, 0.4) is 0 Å². The number of carbonyl (C=O) groups excluding carboxylic acids is 3. The predicted molar refractivity (Wildman–Crippen MR) is 126 cm³/mol. The van der Waals surface area contributed by atoms with E-state index in [0.29, 0.717) is 28.6 Å². The first-order chi connectivity index (χ1) is 15.7. The largest absolute Gasteiger partial charge is 0.496 e. The third kappa shape index (κ3) is 6.77. The number of carbonyl (C=O) groups is 3. The predicted octanol–water partition coefficient (Wildman–Crippen LogP) is 2.22. The Morgan fingerprint density at radius 3 is 2.61 bits per heavy atom. The van der Waals surface area contributed by atoms with Crippen LogP contribution < -0.4 is 21.5 Å². The van der Waals surface area contributed by atoms with E-state index in [2.05, 4.69) is 5.32 Å². The van der Waals surface area contributed by atoms with Crippen molar-refractivity contribution >= 4 is 47.0 Å². The summed E-state index contributed by atoms with van der Waals surface area (Å²) in [5.41, 5.74) is 12.6. The summed E-state index contributed by atoms with van der Waals surface area (Å²) in [7, 11) is 1.54. The second kappa shape index (κ2) is 10.8. The number of benzene rings is 2. The Bertz CT molecular complexity index is 1060. The Morgan fingerprint density at radius 2 is 2.00 bits per heavy atom. The van der Waals surface area contributed by atoms with Crippen LogP contribution in [0.15, 0.2) is 41.3 Å². The molecule has 0 radical (unpaired) electrons. The van der Waals surface area contributed by atoms with E-state index in [1.165, 1.54) is 10.4 Å². The maximum absolute atomic E-state index is 13.2. The third-order valence-electron chi connectivity index (χ3n) is 4.81. The fourth-order valence-electron chi connectivity index (χ4n) is 3.10. The van der Waals surface area contributed by atoms with Gasteiger partial charge in [-0.05, 0) is 60.3 Å². The molecule has 1 fully saturated rings. The number of halogens is 1. The number of hydrogen-bond donors (Lipinski definition) is 3. The summed E-state index contributed by atoms with van der Waals surface area (Å²) in [5.74, 6) is -1.38. The van der Waals surface area contributed by atoms with Crippen molar-refractivity contribution < 1.29 is 23.9 Å². The maximum Gasteiger partial charge on any atom is 0.341 e. The standard InChI is InChI=1S/C22H25ClN4O5S/c1-12(7-13-8-14(23)3-6-18(13)31-2)21(29)27(11-19(25)28)33-15-4-5-16(17(24)9-15)22(30)32-20-10-26-20/h3-6,8-9,12,20,26H,7,10-11,24H2,1-2H3,(H2,25,28). The van der Waals surface area contributed by atoms with Gasteiger partial charge >= 0.3 is 5.97 Å². The number of nitrogens with one attached hydrogen (secondary N) is 1. The van der Waals surface area contributed by atoms with Crippen LogP contribution in [0.25, 0.3) is 0 Å². The van der Waals surface area contributed by atoms with Gasteiger partial charge in [0.25, 0.3) is 0 Å². The molecule has 1 aliphatic heterocycles. The molecule has 2 amide bonds. The fraction of sp³-hybridized carbons (Fsp3) is 0.318. The number of nitrogen functional groups attached to an aromatic ring is 1. The summed E-state index contributed by atoms with van der Waals surface area (Å²) in [5, 5.41) is 3.40. The number of anilines is 1. The smallest absolute Gasteiger partial charge is 0.341 e. The molecule has 1 aliphatic rings. The van der Waals surface area contributed by atoms with Crippen LogP contribution in [0.4, 0.5) is 5.69 Å². The maximum atomic E-state index is 13.2. The minimum atomic E-state index is -0.659. The molecule has 5 N–H and O–H groups in total. The molecule has 2 atom stereocenters.